The summed E-state index contributed by atoms with van der Waals surface area (Å²) in [6.45, 7) is 8.34. The van der Waals surface area contributed by atoms with Gasteiger partial charge in [-0.2, -0.15) is 0 Å². The van der Waals surface area contributed by atoms with E-state index in [9.17, 15) is 0 Å². The van der Waals surface area contributed by atoms with Crippen molar-refractivity contribution in [3.05, 3.63) is 0 Å². The lowest BCUT2D eigenvalue weighted by Gasteiger charge is -2.13. The average Bonchev–Trinajstić information content (AvgIpc) is 2.37. The van der Waals surface area contributed by atoms with Crippen LogP contribution in [0.15, 0.2) is 0 Å². The second-order valence-corrected chi connectivity index (χ2v) is 3.79. The summed E-state index contributed by atoms with van der Waals surface area (Å²) in [5.41, 5.74) is 0. The minimum absolute atomic E-state index is 0.935. The lowest BCUT2D eigenvalue weighted by molar-refractivity contribution is -0.804. The maximum absolute atomic E-state index is 2.39. The van der Waals surface area contributed by atoms with Crippen LogP contribution in [-0.4, -0.2) is 30.2 Å². The van der Waals surface area contributed by atoms with Crippen molar-refractivity contribution in [2.24, 2.45) is 0 Å². The Bertz CT molecular complexity index is 122. The molecule has 0 aromatic rings. The Balaban J connectivity index is 2.42. The van der Waals surface area contributed by atoms with Gasteiger partial charge in [0.1, 0.15) is 12.1 Å². The molecule has 1 heterocycles. The fourth-order valence-electron chi connectivity index (χ4n) is 2.41. The Labute approximate surface area is 64.6 Å². The van der Waals surface area contributed by atoms with Crippen molar-refractivity contribution in [1.82, 2.24) is 0 Å². The van der Waals surface area contributed by atoms with E-state index in [1.54, 1.807) is 0 Å². The molecule has 0 N–H and O–H groups in total. The van der Waals surface area contributed by atoms with Crippen LogP contribution in [0.3, 0.4) is 0 Å². The van der Waals surface area contributed by atoms with Crippen LogP contribution in [-0.2, 0) is 0 Å². The molecular formula is C9H20N+. The monoisotopic (exact) mass is 142 g/mol. The molecule has 1 heteroatoms. The van der Waals surface area contributed by atoms with Gasteiger partial charge in [-0.15, -0.1) is 0 Å². The van der Waals surface area contributed by atoms with Crippen molar-refractivity contribution < 1.29 is 4.48 Å². The van der Waals surface area contributed by atoms with Crippen LogP contribution in [0.4, 0.5) is 0 Å². The molecule has 1 saturated heterocycles. The third-order valence-electron chi connectivity index (χ3n) is 3.28. The van der Waals surface area contributed by atoms with E-state index in [0.717, 1.165) is 12.1 Å². The first-order valence-corrected chi connectivity index (χ1v) is 4.51. The van der Waals surface area contributed by atoms with Gasteiger partial charge in [0.05, 0.1) is 13.6 Å². The number of likely N-dealkylation sites (N-methyl/N-ethyl adjacent to an activating group) is 1. The van der Waals surface area contributed by atoms with Gasteiger partial charge in [-0.05, 0) is 13.3 Å². The molecule has 1 nitrogen and oxygen atoms in total. The zero-order chi connectivity index (χ0) is 7.78. The molecule has 3 atom stereocenters. The molecule has 1 fully saturated rings. The molecule has 0 aromatic heterocycles. The van der Waals surface area contributed by atoms with Gasteiger partial charge < -0.3 is 4.48 Å². The fourth-order valence-corrected chi connectivity index (χ4v) is 2.41. The van der Waals surface area contributed by atoms with E-state index >= 15 is 0 Å². The maximum Gasteiger partial charge on any atom is 0.141 e. The zero-order valence-corrected chi connectivity index (χ0v) is 7.72. The van der Waals surface area contributed by atoms with Crippen molar-refractivity contribution >= 4 is 0 Å². The first-order valence-electron chi connectivity index (χ1n) is 4.51. The third-order valence-corrected chi connectivity index (χ3v) is 3.28. The fraction of sp³-hybridized carbons (Fsp3) is 1.00. The van der Waals surface area contributed by atoms with Gasteiger partial charge in [0, 0.05) is 6.42 Å². The van der Waals surface area contributed by atoms with Crippen LogP contribution in [0.2, 0.25) is 0 Å². The van der Waals surface area contributed by atoms with Crippen molar-refractivity contribution in [3.63, 3.8) is 0 Å². The van der Waals surface area contributed by atoms with Gasteiger partial charge >= 0.3 is 0 Å². The number of hydrogen-bond acceptors (Lipinski definition) is 0. The normalized spacial score (nSPS) is 45.6. The van der Waals surface area contributed by atoms with E-state index in [4.69, 9.17) is 0 Å². The molecule has 60 valence electrons. The minimum Gasteiger partial charge on any atom is -0.312 e. The van der Waals surface area contributed by atoms with Gasteiger partial charge in [0.2, 0.25) is 0 Å². The summed E-state index contributed by atoms with van der Waals surface area (Å²) in [6, 6.07) is 1.91. The molecule has 3 unspecified atom stereocenters. The molecule has 0 radical (unpaired) electrons. The first kappa shape index (κ1) is 8.06. The molecule has 1 aliphatic heterocycles. The molecule has 1 rings (SSSR count). The Morgan fingerprint density at radius 3 is 2.20 bits per heavy atom. The van der Waals surface area contributed by atoms with Crippen molar-refractivity contribution in [3.8, 4) is 0 Å². The van der Waals surface area contributed by atoms with Crippen LogP contribution in [0, 0.1) is 0 Å². The van der Waals surface area contributed by atoms with Crippen molar-refractivity contribution in [2.45, 2.75) is 45.7 Å². The highest BCUT2D eigenvalue weighted by Gasteiger charge is 2.57. The highest BCUT2D eigenvalue weighted by atomic mass is 15.5. The van der Waals surface area contributed by atoms with Gasteiger partial charge in [-0.1, -0.05) is 13.8 Å². The molecule has 0 spiro atoms. The lowest BCUT2D eigenvalue weighted by atomic mass is 10.3. The van der Waals surface area contributed by atoms with Gasteiger partial charge in [0.15, 0.2) is 0 Å². The quantitative estimate of drug-likeness (QED) is 0.418. The van der Waals surface area contributed by atoms with E-state index < -0.39 is 0 Å². The average molecular weight is 142 g/mol. The van der Waals surface area contributed by atoms with Gasteiger partial charge in [-0.3, -0.25) is 0 Å². The second kappa shape index (κ2) is 2.54. The molecule has 10 heavy (non-hydrogen) atoms. The summed E-state index contributed by atoms with van der Waals surface area (Å²) in [5, 5.41) is 0. The summed E-state index contributed by atoms with van der Waals surface area (Å²) < 4.78 is 1.34. The van der Waals surface area contributed by atoms with Crippen LogP contribution >= 0.6 is 0 Å². The first-order chi connectivity index (χ1) is 4.66. The van der Waals surface area contributed by atoms with Crippen LogP contribution in [0.25, 0.3) is 0 Å². The van der Waals surface area contributed by atoms with E-state index in [1.807, 2.05) is 0 Å². The Hall–Kier alpha value is -0.0400. The van der Waals surface area contributed by atoms with E-state index in [0.29, 0.717) is 0 Å². The minimum atomic E-state index is 0.935. The Morgan fingerprint density at radius 2 is 1.90 bits per heavy atom. The Kier molecular flexibility index (Phi) is 2.04. The molecule has 0 bridgehead atoms. The zero-order valence-electron chi connectivity index (χ0n) is 7.72. The highest BCUT2D eigenvalue weighted by molar-refractivity contribution is 4.81. The third kappa shape index (κ3) is 0.968. The number of nitrogens with zero attached hydrogens (tertiary/aromatic N) is 1. The van der Waals surface area contributed by atoms with Crippen molar-refractivity contribution in [1.29, 1.82) is 0 Å². The summed E-state index contributed by atoms with van der Waals surface area (Å²) >= 11 is 0. The predicted octanol–water partition coefficient (Wildman–Crippen LogP) is 2.02. The number of quaternary nitrogens is 1. The standard InChI is InChI=1S/C9H20N/c1-5-7-10(4)8(3)9(10)6-2/h8-9H,5-7H2,1-4H3/q+1. The topological polar surface area (TPSA) is 0 Å². The van der Waals surface area contributed by atoms with E-state index in [2.05, 4.69) is 27.8 Å². The SMILES string of the molecule is CCC[N+]1(C)C(C)C1CC. The summed E-state index contributed by atoms with van der Waals surface area (Å²) in [4.78, 5) is 0. The molecular weight excluding hydrogens is 122 g/mol. The number of rotatable bonds is 3. The highest BCUT2D eigenvalue weighted by Crippen LogP contribution is 2.39. The largest absolute Gasteiger partial charge is 0.312 e. The van der Waals surface area contributed by atoms with Crippen LogP contribution < -0.4 is 0 Å². The van der Waals surface area contributed by atoms with Gasteiger partial charge in [0.25, 0.3) is 0 Å². The predicted molar refractivity (Wildman–Crippen MR) is 44.9 cm³/mol. The smallest absolute Gasteiger partial charge is 0.141 e. The van der Waals surface area contributed by atoms with E-state index in [1.165, 1.54) is 23.9 Å². The summed E-state index contributed by atoms with van der Waals surface area (Å²) in [6.07, 6.45) is 2.69. The Morgan fingerprint density at radius 1 is 1.30 bits per heavy atom. The molecule has 0 aliphatic carbocycles. The number of hydrogen-bond donors (Lipinski definition) is 0. The van der Waals surface area contributed by atoms with Gasteiger partial charge in [-0.25, -0.2) is 0 Å². The second-order valence-electron chi connectivity index (χ2n) is 3.79. The van der Waals surface area contributed by atoms with E-state index in [-0.39, 0.29) is 0 Å². The summed E-state index contributed by atoms with van der Waals surface area (Å²) in [5.74, 6) is 0. The molecule has 0 aromatic carbocycles. The van der Waals surface area contributed by atoms with Crippen molar-refractivity contribution in [2.75, 3.05) is 13.6 Å². The maximum atomic E-state index is 2.39. The molecule has 0 amide bonds. The summed E-state index contributed by atoms with van der Waals surface area (Å²) in [7, 11) is 2.39. The molecule has 1 aliphatic rings. The lowest BCUT2D eigenvalue weighted by Crippen LogP contribution is -2.25. The molecule has 0 saturated carbocycles. The van der Waals surface area contributed by atoms with Crippen LogP contribution in [0.5, 0.6) is 0 Å². The van der Waals surface area contributed by atoms with Crippen LogP contribution in [0.1, 0.15) is 33.6 Å².